The molecule has 1 fully saturated rings. The zero-order valence-corrected chi connectivity index (χ0v) is 15.2. The minimum atomic E-state index is -5.27. The molecule has 0 unspecified atom stereocenters. The van der Waals surface area contributed by atoms with Crippen LogP contribution >= 0.6 is 15.9 Å². The van der Waals surface area contributed by atoms with Crippen LogP contribution in [-0.2, 0) is 0 Å². The summed E-state index contributed by atoms with van der Waals surface area (Å²) in [6, 6.07) is 10.9. The zero-order chi connectivity index (χ0) is 19.8. The SMILES string of the molecule is O=C1N[C@H](c2cccc(Br)c2)[C@H](C(=O)c2ccccc2)[C@@](O)(C(F)(F)F)N1. The van der Waals surface area contributed by atoms with E-state index in [0.29, 0.717) is 4.47 Å². The number of hydrogen-bond donors (Lipinski definition) is 3. The molecule has 3 N–H and O–H groups in total. The molecule has 3 rings (SSSR count). The monoisotopic (exact) mass is 442 g/mol. The number of urea groups is 1. The van der Waals surface area contributed by atoms with Crippen LogP contribution in [0.4, 0.5) is 18.0 Å². The van der Waals surface area contributed by atoms with Crippen LogP contribution in [0.3, 0.4) is 0 Å². The highest BCUT2D eigenvalue weighted by molar-refractivity contribution is 9.10. The van der Waals surface area contributed by atoms with E-state index in [-0.39, 0.29) is 11.1 Å². The molecule has 1 heterocycles. The van der Waals surface area contributed by atoms with Crippen molar-refractivity contribution in [2.75, 3.05) is 0 Å². The Morgan fingerprint density at radius 3 is 2.37 bits per heavy atom. The van der Waals surface area contributed by atoms with Gasteiger partial charge < -0.3 is 15.7 Å². The van der Waals surface area contributed by atoms with Gasteiger partial charge in [-0.25, -0.2) is 4.79 Å². The van der Waals surface area contributed by atoms with E-state index in [1.54, 1.807) is 18.2 Å². The van der Waals surface area contributed by atoms with Gasteiger partial charge in [0, 0.05) is 10.0 Å². The van der Waals surface area contributed by atoms with Crippen molar-refractivity contribution in [2.24, 2.45) is 5.92 Å². The number of carbonyl (C=O) groups is 2. The minimum absolute atomic E-state index is 0.0110. The number of carbonyl (C=O) groups excluding carboxylic acids is 2. The molecule has 0 aliphatic carbocycles. The predicted octanol–water partition coefficient (Wildman–Crippen LogP) is 3.55. The third-order valence-corrected chi connectivity index (χ3v) is 4.85. The van der Waals surface area contributed by atoms with E-state index in [4.69, 9.17) is 0 Å². The molecule has 2 aromatic carbocycles. The van der Waals surface area contributed by atoms with E-state index in [9.17, 15) is 27.9 Å². The van der Waals surface area contributed by atoms with Crippen molar-refractivity contribution in [3.05, 3.63) is 70.2 Å². The van der Waals surface area contributed by atoms with Crippen LogP contribution in [-0.4, -0.2) is 28.8 Å². The van der Waals surface area contributed by atoms with Gasteiger partial charge in [0.05, 0.1) is 6.04 Å². The Kier molecular flexibility index (Phi) is 5.00. The molecule has 5 nitrogen and oxygen atoms in total. The van der Waals surface area contributed by atoms with Gasteiger partial charge in [-0.15, -0.1) is 0 Å². The molecule has 1 aliphatic heterocycles. The molecule has 0 radical (unpaired) electrons. The van der Waals surface area contributed by atoms with Gasteiger partial charge in [0.25, 0.3) is 0 Å². The Hall–Kier alpha value is -2.39. The number of amides is 2. The van der Waals surface area contributed by atoms with E-state index in [1.165, 1.54) is 41.7 Å². The summed E-state index contributed by atoms with van der Waals surface area (Å²) in [4.78, 5) is 24.9. The summed E-state index contributed by atoms with van der Waals surface area (Å²) in [6.07, 6.45) is -5.27. The Bertz CT molecular complexity index is 876. The molecule has 3 atom stereocenters. The molecular formula is C18H14BrF3N2O3. The quantitative estimate of drug-likeness (QED) is 0.636. The normalized spacial score (nSPS) is 25.4. The van der Waals surface area contributed by atoms with Gasteiger partial charge in [-0.05, 0) is 17.7 Å². The summed E-state index contributed by atoms with van der Waals surface area (Å²) in [7, 11) is 0. The van der Waals surface area contributed by atoms with Crippen LogP contribution in [0.15, 0.2) is 59.1 Å². The number of halogens is 4. The van der Waals surface area contributed by atoms with Gasteiger partial charge in [-0.3, -0.25) is 4.79 Å². The van der Waals surface area contributed by atoms with Gasteiger partial charge in [0.2, 0.25) is 5.72 Å². The Balaban J connectivity index is 2.17. The smallest absolute Gasteiger partial charge is 0.363 e. The van der Waals surface area contributed by atoms with Crippen LogP contribution in [0.1, 0.15) is 22.0 Å². The first-order valence-corrected chi connectivity index (χ1v) is 8.65. The Labute approximate surface area is 160 Å². The largest absolute Gasteiger partial charge is 0.437 e. The Morgan fingerprint density at radius 1 is 1.11 bits per heavy atom. The first-order valence-electron chi connectivity index (χ1n) is 7.86. The molecule has 0 spiro atoms. The van der Waals surface area contributed by atoms with Crippen LogP contribution in [0.25, 0.3) is 0 Å². The average Bonchev–Trinajstić information content (AvgIpc) is 2.60. The first kappa shape index (κ1) is 19.4. The van der Waals surface area contributed by atoms with Crippen molar-refractivity contribution in [1.82, 2.24) is 10.6 Å². The fourth-order valence-corrected chi connectivity index (χ4v) is 3.52. The van der Waals surface area contributed by atoms with Gasteiger partial charge in [0.1, 0.15) is 5.92 Å². The number of Topliss-reactive ketones (excluding diaryl/α,β-unsaturated/α-hetero) is 1. The molecule has 9 heteroatoms. The lowest BCUT2D eigenvalue weighted by Gasteiger charge is -2.45. The second-order valence-electron chi connectivity index (χ2n) is 6.10. The zero-order valence-electron chi connectivity index (χ0n) is 13.6. The van der Waals surface area contributed by atoms with Crippen molar-refractivity contribution in [2.45, 2.75) is 17.9 Å². The molecule has 1 aliphatic rings. The minimum Gasteiger partial charge on any atom is -0.363 e. The molecule has 142 valence electrons. The predicted molar refractivity (Wildman–Crippen MR) is 93.8 cm³/mol. The highest BCUT2D eigenvalue weighted by Crippen LogP contribution is 2.44. The molecule has 0 bridgehead atoms. The van der Waals surface area contributed by atoms with Crippen LogP contribution in [0.2, 0.25) is 0 Å². The lowest BCUT2D eigenvalue weighted by molar-refractivity contribution is -0.287. The van der Waals surface area contributed by atoms with E-state index in [2.05, 4.69) is 21.2 Å². The number of aliphatic hydroxyl groups is 1. The van der Waals surface area contributed by atoms with Crippen molar-refractivity contribution in [3.8, 4) is 0 Å². The average molecular weight is 443 g/mol. The van der Waals surface area contributed by atoms with E-state index < -0.39 is 35.7 Å². The van der Waals surface area contributed by atoms with Crippen LogP contribution in [0, 0.1) is 5.92 Å². The van der Waals surface area contributed by atoms with Crippen molar-refractivity contribution < 1.29 is 27.9 Å². The summed E-state index contributed by atoms with van der Waals surface area (Å²) < 4.78 is 41.8. The molecular weight excluding hydrogens is 429 g/mol. The number of hydrogen-bond acceptors (Lipinski definition) is 3. The van der Waals surface area contributed by atoms with Crippen LogP contribution in [0.5, 0.6) is 0 Å². The summed E-state index contributed by atoms with van der Waals surface area (Å²) in [6.45, 7) is 0. The number of nitrogens with one attached hydrogen (secondary N) is 2. The molecule has 2 amide bonds. The second-order valence-corrected chi connectivity index (χ2v) is 7.02. The van der Waals surface area contributed by atoms with Crippen molar-refractivity contribution in [1.29, 1.82) is 0 Å². The maximum absolute atomic E-state index is 13.7. The standard InChI is InChI=1S/C18H14BrF3N2O3/c19-12-8-4-7-11(9-12)14-13(15(25)10-5-2-1-3-6-10)17(27,18(20,21)22)24-16(26)23-14/h1-9,13-14,27H,(H2,23,24,26)/t13-,14-,17-/m1/s1. The number of alkyl halides is 3. The first-order chi connectivity index (χ1) is 12.6. The lowest BCUT2D eigenvalue weighted by Crippen LogP contribution is -2.72. The second kappa shape index (κ2) is 6.97. The lowest BCUT2D eigenvalue weighted by atomic mass is 9.77. The number of ketones is 1. The van der Waals surface area contributed by atoms with Gasteiger partial charge in [0.15, 0.2) is 5.78 Å². The molecule has 1 saturated heterocycles. The van der Waals surface area contributed by atoms with Crippen molar-refractivity contribution >= 4 is 27.7 Å². The van der Waals surface area contributed by atoms with Crippen molar-refractivity contribution in [3.63, 3.8) is 0 Å². The number of benzene rings is 2. The van der Waals surface area contributed by atoms with E-state index in [0.717, 1.165) is 0 Å². The topological polar surface area (TPSA) is 78.4 Å². The maximum Gasteiger partial charge on any atom is 0.437 e. The van der Waals surface area contributed by atoms with Crippen LogP contribution < -0.4 is 10.6 Å². The molecule has 2 aromatic rings. The van der Waals surface area contributed by atoms with E-state index in [1.807, 2.05) is 0 Å². The third kappa shape index (κ3) is 3.57. The number of rotatable bonds is 3. The summed E-state index contributed by atoms with van der Waals surface area (Å²) in [5.41, 5.74) is -3.49. The van der Waals surface area contributed by atoms with Gasteiger partial charge in [-0.1, -0.05) is 58.4 Å². The summed E-state index contributed by atoms with van der Waals surface area (Å²) >= 11 is 3.22. The van der Waals surface area contributed by atoms with E-state index >= 15 is 0 Å². The fraction of sp³-hybridized carbons (Fsp3) is 0.222. The Morgan fingerprint density at radius 2 is 1.78 bits per heavy atom. The molecule has 0 aromatic heterocycles. The highest BCUT2D eigenvalue weighted by atomic mass is 79.9. The van der Waals surface area contributed by atoms with Gasteiger partial charge >= 0.3 is 12.2 Å². The third-order valence-electron chi connectivity index (χ3n) is 4.35. The van der Waals surface area contributed by atoms with Gasteiger partial charge in [-0.2, -0.15) is 13.2 Å². The molecule has 27 heavy (non-hydrogen) atoms. The summed E-state index contributed by atoms with van der Waals surface area (Å²) in [5.74, 6) is -2.99. The molecule has 0 saturated carbocycles. The summed E-state index contributed by atoms with van der Waals surface area (Å²) in [5, 5.41) is 14.3. The fourth-order valence-electron chi connectivity index (χ4n) is 3.10. The highest BCUT2D eigenvalue weighted by Gasteiger charge is 2.66. The maximum atomic E-state index is 13.7.